The lowest BCUT2D eigenvalue weighted by Gasteiger charge is -2.37. The lowest BCUT2D eigenvalue weighted by molar-refractivity contribution is -0.155. The molecule has 2 aromatic carbocycles. The summed E-state index contributed by atoms with van der Waals surface area (Å²) in [6.07, 6.45) is 6.29. The Balaban J connectivity index is 1.20. The predicted octanol–water partition coefficient (Wildman–Crippen LogP) is 5.46. The summed E-state index contributed by atoms with van der Waals surface area (Å²) in [4.78, 5) is 67.7. The van der Waals surface area contributed by atoms with Crippen LogP contribution >= 0.6 is 0 Å². The van der Waals surface area contributed by atoms with Gasteiger partial charge < -0.3 is 39.7 Å². The van der Waals surface area contributed by atoms with E-state index in [9.17, 15) is 24.3 Å². The van der Waals surface area contributed by atoms with Crippen molar-refractivity contribution in [3.05, 3.63) is 89.8 Å². The minimum absolute atomic E-state index is 0.00278. The summed E-state index contributed by atoms with van der Waals surface area (Å²) in [5.41, 5.74) is 16.9. The van der Waals surface area contributed by atoms with E-state index >= 15 is 0 Å². The third-order valence-electron chi connectivity index (χ3n) is 13.6. The molecule has 16 nitrogen and oxygen atoms in total. The molecule has 5 aromatic rings. The van der Waals surface area contributed by atoms with Gasteiger partial charge in [0.1, 0.15) is 23.9 Å². The van der Waals surface area contributed by atoms with E-state index in [1.54, 1.807) is 45.0 Å². The van der Waals surface area contributed by atoms with Crippen LogP contribution in [0.4, 0.5) is 0 Å². The van der Waals surface area contributed by atoms with Crippen LogP contribution in [-0.4, -0.2) is 103 Å². The molecule has 6 atom stereocenters. The van der Waals surface area contributed by atoms with Gasteiger partial charge in [0, 0.05) is 74.5 Å². The van der Waals surface area contributed by atoms with Crippen molar-refractivity contribution in [2.24, 2.45) is 23.0 Å². The number of phenolic OH excluding ortho intramolecular Hbond substituents is 1. The molecule has 3 aliphatic heterocycles. The smallest absolute Gasteiger partial charge is 0.324 e. The minimum Gasteiger partial charge on any atom is -0.508 e. The number of aromatic nitrogens is 4. The van der Waals surface area contributed by atoms with Gasteiger partial charge in [-0.15, -0.1) is 0 Å². The van der Waals surface area contributed by atoms with Crippen molar-refractivity contribution < 1.29 is 33.8 Å². The van der Waals surface area contributed by atoms with Gasteiger partial charge in [-0.1, -0.05) is 39.8 Å². The molecule has 350 valence electrons. The number of imidazole rings is 1. The number of benzene rings is 2. The highest BCUT2D eigenvalue weighted by Crippen LogP contribution is 2.42. The number of hydrazine groups is 1. The Morgan fingerprint density at radius 2 is 1.91 bits per heavy atom. The van der Waals surface area contributed by atoms with Crippen LogP contribution in [0.3, 0.4) is 0 Å². The Bertz CT molecular complexity index is 2650. The number of nitrogens with zero attached hydrogens (tertiary/aromatic N) is 6. The quantitative estimate of drug-likeness (QED) is 0.137. The normalized spacial score (nSPS) is 21.8. The molecule has 16 heteroatoms. The monoisotopic (exact) mass is 901 g/mol. The molecule has 0 spiro atoms. The Hall–Kier alpha value is -6.10. The van der Waals surface area contributed by atoms with E-state index in [0.29, 0.717) is 37.9 Å². The third kappa shape index (κ3) is 8.93. The minimum atomic E-state index is -1.16. The average Bonchev–Trinajstić information content (AvgIpc) is 3.98. The number of cyclic esters (lactones) is 1. The Kier molecular flexibility index (Phi) is 13.1. The number of esters is 1. The molecule has 3 aliphatic rings. The van der Waals surface area contributed by atoms with Gasteiger partial charge in [0.15, 0.2) is 0 Å². The van der Waals surface area contributed by atoms with E-state index in [1.807, 2.05) is 43.5 Å². The van der Waals surface area contributed by atoms with Crippen LogP contribution in [0.2, 0.25) is 0 Å². The summed E-state index contributed by atoms with van der Waals surface area (Å²) >= 11 is 0. The lowest BCUT2D eigenvalue weighted by atomic mass is 9.84. The zero-order valence-corrected chi connectivity index (χ0v) is 39.2. The molecule has 6 bridgehead atoms. The first-order valence-corrected chi connectivity index (χ1v) is 23.0. The third-order valence-corrected chi connectivity index (χ3v) is 13.6. The Morgan fingerprint density at radius 1 is 1.12 bits per heavy atom. The second kappa shape index (κ2) is 18.6. The van der Waals surface area contributed by atoms with Crippen molar-refractivity contribution in [1.29, 1.82) is 0 Å². The van der Waals surface area contributed by atoms with Gasteiger partial charge >= 0.3 is 5.97 Å². The standard InChI is InChI=1S/C50H63N9O7/c1-9-58-40-15-14-31-22-35(40)36(45(58)34-12-10-16-53-43(34)29(4)65-8)23-50(5,6)26-66-49(64)38-13-11-17-59(55-38)48(63)39(20-30-18-32(31)21-33(60)19-30)54-46(61)44(28(2)3)56(7)47(62)37-25-57-27-52-24-41(57)42(37)51/h10,12,14-16,18-19,21-22,24,27-29,37-39,42,44,55,60H,9,11,13,17,20,23,25-26,51H2,1-8H3,(H,54,61)/t29-,37-,38-,39-,42-,44-/m0/s1. The van der Waals surface area contributed by atoms with Crippen molar-refractivity contribution >= 4 is 34.6 Å². The molecule has 1 saturated heterocycles. The maximum atomic E-state index is 14.7. The first-order valence-electron chi connectivity index (χ1n) is 23.0. The highest BCUT2D eigenvalue weighted by atomic mass is 16.5. The number of nitrogens with one attached hydrogen (secondary N) is 2. The molecule has 3 aromatic heterocycles. The summed E-state index contributed by atoms with van der Waals surface area (Å²) in [7, 11) is 3.27. The highest BCUT2D eigenvalue weighted by Gasteiger charge is 2.42. The summed E-state index contributed by atoms with van der Waals surface area (Å²) in [5.74, 6) is -2.70. The van der Waals surface area contributed by atoms with Crippen LogP contribution in [0.5, 0.6) is 5.75 Å². The second-order valence-electron chi connectivity index (χ2n) is 19.3. The molecule has 0 unspecified atom stereocenters. The van der Waals surface area contributed by atoms with E-state index in [-0.39, 0.29) is 43.3 Å². The molecule has 0 aliphatic carbocycles. The molecule has 66 heavy (non-hydrogen) atoms. The van der Waals surface area contributed by atoms with Crippen molar-refractivity contribution in [3.8, 4) is 28.1 Å². The number of phenols is 1. The van der Waals surface area contributed by atoms with E-state index in [1.165, 1.54) is 9.91 Å². The molecule has 3 amide bonds. The van der Waals surface area contributed by atoms with Crippen LogP contribution in [0.15, 0.2) is 67.3 Å². The number of pyridine rings is 1. The molecule has 8 rings (SSSR count). The highest BCUT2D eigenvalue weighted by molar-refractivity contribution is 5.96. The van der Waals surface area contributed by atoms with Crippen molar-refractivity contribution in [2.75, 3.05) is 27.3 Å². The number of fused-ring (bicyclic) bond motifs is 7. The average molecular weight is 902 g/mol. The topological polar surface area (TPSA) is 199 Å². The number of aromatic hydroxyl groups is 1. The number of rotatable bonds is 9. The van der Waals surface area contributed by atoms with E-state index in [2.05, 4.69) is 59.3 Å². The molecule has 1 fully saturated rings. The molecule has 5 N–H and O–H groups in total. The summed E-state index contributed by atoms with van der Waals surface area (Å²) in [6, 6.07) is 12.0. The predicted molar refractivity (Wildman–Crippen MR) is 249 cm³/mol. The van der Waals surface area contributed by atoms with Crippen molar-refractivity contribution in [1.82, 2.24) is 39.8 Å². The van der Waals surface area contributed by atoms with E-state index in [0.717, 1.165) is 50.2 Å². The largest absolute Gasteiger partial charge is 0.508 e. The number of likely N-dealkylation sites (N-methyl/N-ethyl adjacent to an activating group) is 1. The number of carbonyl (C=O) groups is 4. The number of nitrogens with two attached hydrogens (primary N) is 1. The van der Waals surface area contributed by atoms with Crippen LogP contribution in [0.25, 0.3) is 33.3 Å². The van der Waals surface area contributed by atoms with Crippen molar-refractivity contribution in [3.63, 3.8) is 0 Å². The van der Waals surface area contributed by atoms with Gasteiger partial charge in [-0.3, -0.25) is 29.2 Å². The lowest BCUT2D eigenvalue weighted by Crippen LogP contribution is -2.62. The van der Waals surface area contributed by atoms with Gasteiger partial charge in [-0.05, 0) is 97.7 Å². The fraction of sp³-hybridized carbons (Fsp3) is 0.480. The number of amides is 3. The number of hydrogen-bond acceptors (Lipinski definition) is 11. The van der Waals surface area contributed by atoms with E-state index in [4.69, 9.17) is 20.2 Å². The summed E-state index contributed by atoms with van der Waals surface area (Å²) in [6.45, 7) is 13.4. The molecular weight excluding hydrogens is 839 g/mol. The zero-order chi connectivity index (χ0) is 47.2. The van der Waals surface area contributed by atoms with Gasteiger partial charge in [0.05, 0.1) is 48.1 Å². The number of methoxy groups -OCH3 is 1. The van der Waals surface area contributed by atoms with E-state index < -0.39 is 53.3 Å². The van der Waals surface area contributed by atoms with Crippen LogP contribution in [-0.2, 0) is 54.6 Å². The fourth-order valence-electron chi connectivity index (χ4n) is 10.2. The van der Waals surface area contributed by atoms with Crippen LogP contribution in [0, 0.1) is 17.3 Å². The molecule has 6 heterocycles. The number of carbonyl (C=O) groups excluding carboxylic acids is 4. The Labute approximate surface area is 385 Å². The van der Waals surface area contributed by atoms with Gasteiger partial charge in [-0.2, -0.15) is 0 Å². The first-order chi connectivity index (χ1) is 31.5. The number of hydrogen-bond donors (Lipinski definition) is 4. The maximum absolute atomic E-state index is 14.7. The van der Waals surface area contributed by atoms with Gasteiger partial charge in [-0.25, -0.2) is 10.4 Å². The number of ether oxygens (including phenoxy) is 2. The zero-order valence-electron chi connectivity index (χ0n) is 39.2. The van der Waals surface area contributed by atoms with Crippen LogP contribution < -0.4 is 16.5 Å². The second-order valence-corrected chi connectivity index (χ2v) is 19.3. The molecule has 0 radical (unpaired) electrons. The van der Waals surface area contributed by atoms with Gasteiger partial charge in [0.2, 0.25) is 11.8 Å². The summed E-state index contributed by atoms with van der Waals surface area (Å²) < 4.78 is 16.1. The summed E-state index contributed by atoms with van der Waals surface area (Å²) in [5, 5.41) is 16.8. The molecule has 0 saturated carbocycles. The van der Waals surface area contributed by atoms with Crippen molar-refractivity contribution in [2.45, 2.75) is 111 Å². The maximum Gasteiger partial charge on any atom is 0.324 e. The first kappa shape index (κ1) is 46.4. The number of aryl methyl sites for hydroxylation is 1. The fourth-order valence-corrected chi connectivity index (χ4v) is 10.2. The van der Waals surface area contributed by atoms with Gasteiger partial charge in [0.25, 0.3) is 5.91 Å². The van der Waals surface area contributed by atoms with Crippen LogP contribution in [0.1, 0.15) is 89.0 Å². The molecular formula is C50H63N9O7. The Morgan fingerprint density at radius 3 is 2.64 bits per heavy atom. The SMILES string of the molecule is CCn1c(-c2cccnc2[C@H](C)OC)c2c3cc(ccc31)-c1cc(O)cc(c1)C[C@H](NC(=O)[C@H](C(C)C)N(C)C(=O)[C@H]1Cn3cncc3[C@H]1N)C(=O)N1CCC[C@H](N1)C(=O)OCC(C)(C)C2.